The summed E-state index contributed by atoms with van der Waals surface area (Å²) in [6, 6.07) is 1.45. The SMILES string of the molecule is C=CCNCCC[Si](OCC)(OCC)O[Si](CCCNCC=C)(OCC)OCC. The Kier molecular flexibility index (Phi) is 18.2. The van der Waals surface area contributed by atoms with Crippen molar-refractivity contribution in [2.24, 2.45) is 0 Å². The van der Waals surface area contributed by atoms with Gasteiger partial charge in [-0.25, -0.2) is 0 Å². The Morgan fingerprint density at radius 2 is 1.00 bits per heavy atom. The Morgan fingerprint density at radius 1 is 0.655 bits per heavy atom. The molecule has 7 nitrogen and oxygen atoms in total. The summed E-state index contributed by atoms with van der Waals surface area (Å²) in [5.74, 6) is 0. The first-order valence-electron chi connectivity index (χ1n) is 11.0. The quantitative estimate of drug-likeness (QED) is 0.149. The fraction of sp³-hybridized carbons (Fsp3) is 0.800. The van der Waals surface area contributed by atoms with Gasteiger partial charge in [0.25, 0.3) is 0 Å². The molecule has 172 valence electrons. The summed E-state index contributed by atoms with van der Waals surface area (Å²) in [6.45, 7) is 20.8. The molecule has 0 heterocycles. The Balaban J connectivity index is 5.32. The average molecular weight is 449 g/mol. The van der Waals surface area contributed by atoms with Crippen LogP contribution < -0.4 is 10.6 Å². The van der Waals surface area contributed by atoms with Crippen molar-refractivity contribution >= 4 is 17.6 Å². The molecule has 29 heavy (non-hydrogen) atoms. The Labute approximate surface area is 180 Å². The van der Waals surface area contributed by atoms with Gasteiger partial charge < -0.3 is 32.5 Å². The van der Waals surface area contributed by atoms with E-state index in [0.29, 0.717) is 26.4 Å². The maximum absolute atomic E-state index is 6.69. The third-order valence-electron chi connectivity index (χ3n) is 4.02. The van der Waals surface area contributed by atoms with E-state index in [0.717, 1.165) is 51.1 Å². The monoisotopic (exact) mass is 448 g/mol. The van der Waals surface area contributed by atoms with Gasteiger partial charge in [-0.1, -0.05) is 12.2 Å². The first-order valence-corrected chi connectivity index (χ1v) is 14.8. The van der Waals surface area contributed by atoms with E-state index in [2.05, 4.69) is 23.8 Å². The lowest BCUT2D eigenvalue weighted by Gasteiger charge is -2.38. The third kappa shape index (κ3) is 12.8. The molecule has 2 N–H and O–H groups in total. The summed E-state index contributed by atoms with van der Waals surface area (Å²) in [5.41, 5.74) is 0. The molecule has 0 aliphatic heterocycles. The molecule has 0 amide bonds. The average Bonchev–Trinajstić information content (AvgIpc) is 2.68. The van der Waals surface area contributed by atoms with Gasteiger partial charge >= 0.3 is 17.6 Å². The van der Waals surface area contributed by atoms with Gasteiger partial charge in [0.2, 0.25) is 0 Å². The van der Waals surface area contributed by atoms with Crippen molar-refractivity contribution in [1.82, 2.24) is 10.6 Å². The van der Waals surface area contributed by atoms with Gasteiger partial charge in [-0.2, -0.15) is 0 Å². The first kappa shape index (κ1) is 28.6. The summed E-state index contributed by atoms with van der Waals surface area (Å²) >= 11 is 0. The molecular weight excluding hydrogens is 404 g/mol. The predicted molar refractivity (Wildman–Crippen MR) is 124 cm³/mol. The lowest BCUT2D eigenvalue weighted by Crippen LogP contribution is -2.59. The van der Waals surface area contributed by atoms with Crippen LogP contribution in [0, 0.1) is 0 Å². The van der Waals surface area contributed by atoms with Crippen LogP contribution in [-0.4, -0.2) is 70.2 Å². The van der Waals surface area contributed by atoms with Crippen LogP contribution in [0.2, 0.25) is 12.1 Å². The van der Waals surface area contributed by atoms with Crippen LogP contribution in [-0.2, 0) is 21.8 Å². The van der Waals surface area contributed by atoms with Gasteiger partial charge in [-0.3, -0.25) is 0 Å². The zero-order valence-electron chi connectivity index (χ0n) is 19.1. The molecule has 0 fully saturated rings. The molecule has 0 aromatic rings. The van der Waals surface area contributed by atoms with E-state index in [1.165, 1.54) is 0 Å². The Bertz CT molecular complexity index is 368. The highest BCUT2D eigenvalue weighted by Crippen LogP contribution is 2.28. The molecule has 0 radical (unpaired) electrons. The molecule has 0 unspecified atom stereocenters. The number of hydrogen-bond acceptors (Lipinski definition) is 7. The second kappa shape index (κ2) is 18.4. The fourth-order valence-electron chi connectivity index (χ4n) is 2.98. The summed E-state index contributed by atoms with van der Waals surface area (Å²) in [7, 11) is -5.86. The second-order valence-corrected chi connectivity index (χ2v) is 12.1. The maximum Gasteiger partial charge on any atom is 0.493 e. The van der Waals surface area contributed by atoms with E-state index in [4.69, 9.17) is 21.8 Å². The first-order chi connectivity index (χ1) is 14.1. The molecule has 0 aromatic heterocycles. The topological polar surface area (TPSA) is 70.2 Å². The summed E-state index contributed by atoms with van der Waals surface area (Å²) in [5, 5.41) is 6.66. The molecule has 0 aliphatic rings. The van der Waals surface area contributed by atoms with Gasteiger partial charge in [0.1, 0.15) is 0 Å². The van der Waals surface area contributed by atoms with Crippen molar-refractivity contribution in [3.05, 3.63) is 25.3 Å². The van der Waals surface area contributed by atoms with Crippen molar-refractivity contribution in [3.63, 3.8) is 0 Å². The van der Waals surface area contributed by atoms with Crippen LogP contribution in [0.3, 0.4) is 0 Å². The lowest BCUT2D eigenvalue weighted by molar-refractivity contribution is 0.0489. The maximum atomic E-state index is 6.69. The van der Waals surface area contributed by atoms with E-state index in [9.17, 15) is 0 Å². The van der Waals surface area contributed by atoms with Crippen LogP contribution >= 0.6 is 0 Å². The van der Waals surface area contributed by atoms with Crippen LogP contribution in [0.5, 0.6) is 0 Å². The molecule has 0 spiro atoms. The van der Waals surface area contributed by atoms with Gasteiger partial charge in [-0.15, -0.1) is 13.2 Å². The van der Waals surface area contributed by atoms with E-state index in [1.807, 2.05) is 39.8 Å². The minimum atomic E-state index is -2.93. The third-order valence-corrected chi connectivity index (χ3v) is 11.4. The van der Waals surface area contributed by atoms with E-state index in [-0.39, 0.29) is 0 Å². The zero-order chi connectivity index (χ0) is 21.8. The Morgan fingerprint density at radius 3 is 1.28 bits per heavy atom. The Hall–Kier alpha value is -0.366. The van der Waals surface area contributed by atoms with Gasteiger partial charge in [0, 0.05) is 51.6 Å². The molecule has 9 heteroatoms. The van der Waals surface area contributed by atoms with Crippen LogP contribution in [0.4, 0.5) is 0 Å². The van der Waals surface area contributed by atoms with Crippen molar-refractivity contribution in [1.29, 1.82) is 0 Å². The minimum absolute atomic E-state index is 0.538. The zero-order valence-corrected chi connectivity index (χ0v) is 21.1. The lowest BCUT2D eigenvalue weighted by atomic mass is 10.4. The van der Waals surface area contributed by atoms with Crippen molar-refractivity contribution < 1.29 is 21.8 Å². The number of rotatable bonds is 22. The minimum Gasteiger partial charge on any atom is -0.374 e. The highest BCUT2D eigenvalue weighted by Gasteiger charge is 2.52. The molecule has 0 rings (SSSR count). The van der Waals surface area contributed by atoms with Gasteiger partial charge in [0.15, 0.2) is 0 Å². The van der Waals surface area contributed by atoms with E-state index >= 15 is 0 Å². The van der Waals surface area contributed by atoms with Crippen molar-refractivity contribution in [2.75, 3.05) is 52.6 Å². The smallest absolute Gasteiger partial charge is 0.374 e. The molecular formula is C20H44N2O5Si2. The molecule has 0 atom stereocenters. The molecule has 0 aliphatic carbocycles. The molecule has 0 aromatic carbocycles. The summed E-state index contributed by atoms with van der Waals surface area (Å²) in [6.07, 6.45) is 5.50. The van der Waals surface area contributed by atoms with Gasteiger partial charge in [0.05, 0.1) is 0 Å². The molecule has 0 bridgehead atoms. The van der Waals surface area contributed by atoms with Crippen molar-refractivity contribution in [3.8, 4) is 0 Å². The van der Waals surface area contributed by atoms with Crippen LogP contribution in [0.1, 0.15) is 40.5 Å². The highest BCUT2D eigenvalue weighted by molar-refractivity contribution is 6.75. The summed E-state index contributed by atoms with van der Waals surface area (Å²) < 4.78 is 31.3. The fourth-order valence-corrected chi connectivity index (χ4v) is 10.4. The predicted octanol–water partition coefficient (Wildman–Crippen LogP) is 3.36. The van der Waals surface area contributed by atoms with E-state index in [1.54, 1.807) is 0 Å². The molecule has 0 saturated carbocycles. The standard InChI is InChI=1S/C20H44N2O5Si2/c1-7-15-21-17-13-19-28(23-9-3,24-10-4)27-29(25-11-5,26-12-6)20-14-18-22-16-8-2/h7-8,21-22H,1-2,9-20H2,3-6H3. The second-order valence-electron chi connectivity index (χ2n) is 6.39. The van der Waals surface area contributed by atoms with Gasteiger partial charge in [-0.05, 0) is 53.6 Å². The number of nitrogens with one attached hydrogen (secondary N) is 2. The van der Waals surface area contributed by atoms with E-state index < -0.39 is 17.6 Å². The number of hydrogen-bond donors (Lipinski definition) is 2. The van der Waals surface area contributed by atoms with Crippen LogP contribution in [0.25, 0.3) is 0 Å². The largest absolute Gasteiger partial charge is 0.493 e. The molecule has 0 saturated heterocycles. The van der Waals surface area contributed by atoms with Crippen LogP contribution in [0.15, 0.2) is 25.3 Å². The highest BCUT2D eigenvalue weighted by atomic mass is 28.5. The normalized spacial score (nSPS) is 12.3. The summed E-state index contributed by atoms with van der Waals surface area (Å²) in [4.78, 5) is 0. The van der Waals surface area contributed by atoms with Crippen molar-refractivity contribution in [2.45, 2.75) is 52.6 Å².